The largest absolute Gasteiger partial charge is 0.494 e. The van der Waals surface area contributed by atoms with Crippen LogP contribution in [0.4, 0.5) is 4.39 Å². The van der Waals surface area contributed by atoms with E-state index >= 15 is 0 Å². The molecule has 0 unspecified atom stereocenters. The summed E-state index contributed by atoms with van der Waals surface area (Å²) in [5.41, 5.74) is 1.04. The van der Waals surface area contributed by atoms with E-state index in [-0.39, 0.29) is 11.3 Å². The van der Waals surface area contributed by atoms with E-state index in [0.717, 1.165) is 0 Å². The summed E-state index contributed by atoms with van der Waals surface area (Å²) >= 11 is 5.97. The predicted octanol–water partition coefficient (Wildman–Crippen LogP) is 3.94. The third kappa shape index (κ3) is 2.75. The molecule has 0 aliphatic rings. The van der Waals surface area contributed by atoms with E-state index in [4.69, 9.17) is 16.3 Å². The normalized spacial score (nSPS) is 10.2. The first-order valence-corrected chi connectivity index (χ1v) is 6.16. The average Bonchev–Trinajstić information content (AvgIpc) is 2.46. The number of esters is 1. The van der Waals surface area contributed by atoms with Crippen molar-refractivity contribution < 1.29 is 18.7 Å². The topological polar surface area (TPSA) is 35.5 Å². The van der Waals surface area contributed by atoms with Crippen LogP contribution in [-0.4, -0.2) is 20.2 Å². The quantitative estimate of drug-likeness (QED) is 0.804. The maximum Gasteiger partial charge on any atom is 0.337 e. The Morgan fingerprint density at radius 1 is 1.20 bits per heavy atom. The van der Waals surface area contributed by atoms with Gasteiger partial charge in [-0.15, -0.1) is 0 Å². The van der Waals surface area contributed by atoms with Crippen LogP contribution in [0.3, 0.4) is 0 Å². The van der Waals surface area contributed by atoms with Gasteiger partial charge in [0.25, 0.3) is 0 Å². The van der Waals surface area contributed by atoms with Crippen molar-refractivity contribution in [3.63, 3.8) is 0 Å². The number of halogens is 2. The molecule has 2 aromatic carbocycles. The number of methoxy groups -OCH3 is 2. The van der Waals surface area contributed by atoms with Crippen molar-refractivity contribution in [2.24, 2.45) is 0 Å². The van der Waals surface area contributed by atoms with Gasteiger partial charge in [0.2, 0.25) is 0 Å². The van der Waals surface area contributed by atoms with Gasteiger partial charge in [-0.25, -0.2) is 9.18 Å². The number of hydrogen-bond donors (Lipinski definition) is 0. The molecule has 0 fully saturated rings. The number of ether oxygens (including phenoxy) is 2. The van der Waals surface area contributed by atoms with Crippen LogP contribution in [0.5, 0.6) is 5.75 Å². The Kier molecular flexibility index (Phi) is 4.25. The van der Waals surface area contributed by atoms with Gasteiger partial charge < -0.3 is 9.47 Å². The fourth-order valence-corrected chi connectivity index (χ4v) is 2.11. The van der Waals surface area contributed by atoms with Crippen molar-refractivity contribution >= 4 is 17.6 Å². The third-order valence-electron chi connectivity index (χ3n) is 2.81. The molecule has 0 saturated heterocycles. The van der Waals surface area contributed by atoms with E-state index in [1.165, 1.54) is 32.4 Å². The summed E-state index contributed by atoms with van der Waals surface area (Å²) in [4.78, 5) is 11.6. The summed E-state index contributed by atoms with van der Waals surface area (Å²) < 4.78 is 23.8. The third-order valence-corrected chi connectivity index (χ3v) is 3.03. The molecule has 5 heteroatoms. The Hall–Kier alpha value is -2.07. The van der Waals surface area contributed by atoms with E-state index in [0.29, 0.717) is 16.1 Å². The summed E-state index contributed by atoms with van der Waals surface area (Å²) in [7, 11) is 2.66. The fourth-order valence-electron chi connectivity index (χ4n) is 1.87. The monoisotopic (exact) mass is 294 g/mol. The minimum atomic E-state index is -0.531. The molecule has 0 aliphatic carbocycles. The van der Waals surface area contributed by atoms with Crippen LogP contribution in [0.1, 0.15) is 10.4 Å². The van der Waals surface area contributed by atoms with Crippen LogP contribution in [0.25, 0.3) is 11.1 Å². The lowest BCUT2D eigenvalue weighted by atomic mass is 10.0. The lowest BCUT2D eigenvalue weighted by Crippen LogP contribution is -2.01. The van der Waals surface area contributed by atoms with Crippen molar-refractivity contribution in [1.29, 1.82) is 0 Å². The lowest BCUT2D eigenvalue weighted by Gasteiger charge is -2.09. The van der Waals surface area contributed by atoms with Gasteiger partial charge in [-0.1, -0.05) is 23.7 Å². The minimum Gasteiger partial charge on any atom is -0.494 e. The zero-order valence-corrected chi connectivity index (χ0v) is 11.7. The average molecular weight is 295 g/mol. The first kappa shape index (κ1) is 14.3. The molecule has 0 aliphatic heterocycles. The molecular formula is C15H12ClFO3. The van der Waals surface area contributed by atoms with Gasteiger partial charge in [-0.3, -0.25) is 0 Å². The first-order chi connectivity index (χ1) is 9.56. The van der Waals surface area contributed by atoms with Crippen molar-refractivity contribution in [3.05, 3.63) is 52.8 Å². The molecule has 0 saturated carbocycles. The van der Waals surface area contributed by atoms with Gasteiger partial charge in [0.15, 0.2) is 11.6 Å². The van der Waals surface area contributed by atoms with E-state index in [2.05, 4.69) is 4.74 Å². The van der Waals surface area contributed by atoms with E-state index < -0.39 is 11.8 Å². The lowest BCUT2D eigenvalue weighted by molar-refractivity contribution is 0.0601. The number of carbonyl (C=O) groups excluding carboxylic acids is 1. The van der Waals surface area contributed by atoms with Gasteiger partial charge in [-0.2, -0.15) is 0 Å². The SMILES string of the molecule is COC(=O)c1cc(Cl)cc(-c2cccc(OC)c2F)c1. The maximum atomic E-state index is 14.2. The molecular weight excluding hydrogens is 283 g/mol. The number of carbonyl (C=O) groups is 1. The molecule has 0 heterocycles. The number of benzene rings is 2. The molecule has 20 heavy (non-hydrogen) atoms. The summed E-state index contributed by atoms with van der Waals surface area (Å²) in [6.45, 7) is 0. The highest BCUT2D eigenvalue weighted by Gasteiger charge is 2.14. The number of hydrogen-bond acceptors (Lipinski definition) is 3. The molecule has 0 bridgehead atoms. The van der Waals surface area contributed by atoms with Crippen LogP contribution in [0.2, 0.25) is 5.02 Å². The molecule has 0 atom stereocenters. The van der Waals surface area contributed by atoms with E-state index in [9.17, 15) is 9.18 Å². The molecule has 0 spiro atoms. The minimum absolute atomic E-state index is 0.127. The Morgan fingerprint density at radius 2 is 1.95 bits per heavy atom. The van der Waals surface area contributed by atoms with Gasteiger partial charge in [0, 0.05) is 10.6 Å². The zero-order chi connectivity index (χ0) is 14.7. The molecule has 2 rings (SSSR count). The van der Waals surface area contributed by atoms with Crippen molar-refractivity contribution in [3.8, 4) is 16.9 Å². The maximum absolute atomic E-state index is 14.2. The molecule has 0 amide bonds. The fraction of sp³-hybridized carbons (Fsp3) is 0.133. The molecule has 0 radical (unpaired) electrons. The van der Waals surface area contributed by atoms with Gasteiger partial charge in [0.1, 0.15) is 0 Å². The summed E-state index contributed by atoms with van der Waals surface area (Å²) in [5, 5.41) is 0.324. The van der Waals surface area contributed by atoms with E-state index in [1.807, 2.05) is 0 Å². The molecule has 0 N–H and O–H groups in total. The Bertz CT molecular complexity index is 656. The van der Waals surface area contributed by atoms with Crippen LogP contribution >= 0.6 is 11.6 Å². The first-order valence-electron chi connectivity index (χ1n) is 5.78. The van der Waals surface area contributed by atoms with Crippen LogP contribution in [0, 0.1) is 5.82 Å². The second-order valence-corrected chi connectivity index (χ2v) is 4.48. The zero-order valence-electron chi connectivity index (χ0n) is 10.9. The van der Waals surface area contributed by atoms with Crippen molar-refractivity contribution in [2.75, 3.05) is 14.2 Å². The second kappa shape index (κ2) is 5.92. The highest BCUT2D eigenvalue weighted by atomic mass is 35.5. The molecule has 104 valence electrons. The highest BCUT2D eigenvalue weighted by molar-refractivity contribution is 6.31. The van der Waals surface area contributed by atoms with Gasteiger partial charge in [-0.05, 0) is 29.8 Å². The Labute approximate surface area is 120 Å². The van der Waals surface area contributed by atoms with E-state index in [1.54, 1.807) is 18.2 Å². The second-order valence-electron chi connectivity index (χ2n) is 4.04. The van der Waals surface area contributed by atoms with Gasteiger partial charge in [0.05, 0.1) is 19.8 Å². The van der Waals surface area contributed by atoms with Crippen molar-refractivity contribution in [1.82, 2.24) is 0 Å². The smallest absolute Gasteiger partial charge is 0.337 e. The predicted molar refractivity (Wildman–Crippen MR) is 74.7 cm³/mol. The summed E-state index contributed by atoms with van der Waals surface area (Å²) in [5.74, 6) is -0.910. The summed E-state index contributed by atoms with van der Waals surface area (Å²) in [6, 6.07) is 9.33. The van der Waals surface area contributed by atoms with Crippen LogP contribution in [-0.2, 0) is 4.74 Å². The molecule has 0 aromatic heterocycles. The van der Waals surface area contributed by atoms with Crippen molar-refractivity contribution in [2.45, 2.75) is 0 Å². The van der Waals surface area contributed by atoms with Gasteiger partial charge >= 0.3 is 5.97 Å². The number of rotatable bonds is 3. The van der Waals surface area contributed by atoms with Crippen LogP contribution < -0.4 is 4.74 Å². The summed E-state index contributed by atoms with van der Waals surface area (Å²) in [6.07, 6.45) is 0. The highest BCUT2D eigenvalue weighted by Crippen LogP contribution is 2.31. The molecule has 2 aromatic rings. The molecule has 3 nitrogen and oxygen atoms in total. The Balaban J connectivity index is 2.58. The van der Waals surface area contributed by atoms with Crippen LogP contribution in [0.15, 0.2) is 36.4 Å². The Morgan fingerprint density at radius 3 is 2.60 bits per heavy atom. The standard InChI is InChI=1S/C15H12ClFO3/c1-19-13-5-3-4-12(14(13)17)9-6-10(15(18)20-2)8-11(16)7-9/h3-8H,1-2H3.